The minimum Gasteiger partial charge on any atom is -0.495 e. The zero-order valence-corrected chi connectivity index (χ0v) is 20.1. The van der Waals surface area contributed by atoms with E-state index in [1.165, 1.54) is 39.4 Å². The van der Waals surface area contributed by atoms with E-state index in [-0.39, 0.29) is 22.1 Å². The Morgan fingerprint density at radius 1 is 0.912 bits per heavy atom. The van der Waals surface area contributed by atoms with Gasteiger partial charge in [-0.25, -0.2) is 12.7 Å². The van der Waals surface area contributed by atoms with E-state index in [4.69, 9.17) is 4.74 Å². The summed E-state index contributed by atoms with van der Waals surface area (Å²) >= 11 is 0. The molecule has 34 heavy (non-hydrogen) atoms. The largest absolute Gasteiger partial charge is 0.495 e. The molecule has 3 aromatic carbocycles. The standard InChI is InChI=1S/C25H27N3O5S/c1-28(2)34(31,32)23-17-19(13-14-22(23)33-3)24(29)27-21-12-8-7-11-20(21)25(30)26-16-15-18-9-5-4-6-10-18/h4-14,17H,15-16H2,1-3H3,(H,26,30)(H,27,29). The van der Waals surface area contributed by atoms with Crippen molar-refractivity contribution >= 4 is 27.5 Å². The van der Waals surface area contributed by atoms with E-state index >= 15 is 0 Å². The second-order valence-corrected chi connectivity index (χ2v) is 9.76. The van der Waals surface area contributed by atoms with Crippen LogP contribution in [0.4, 0.5) is 5.69 Å². The molecule has 0 saturated heterocycles. The normalized spacial score (nSPS) is 11.2. The molecule has 0 aliphatic heterocycles. The van der Waals surface area contributed by atoms with Gasteiger partial charge in [0.25, 0.3) is 11.8 Å². The molecule has 0 atom stereocenters. The van der Waals surface area contributed by atoms with Crippen molar-refractivity contribution in [1.29, 1.82) is 0 Å². The molecule has 0 aromatic heterocycles. The summed E-state index contributed by atoms with van der Waals surface area (Å²) in [6.45, 7) is 0.440. The minimum absolute atomic E-state index is 0.112. The number of nitrogens with zero attached hydrogens (tertiary/aromatic N) is 1. The number of rotatable bonds is 9. The minimum atomic E-state index is -3.84. The summed E-state index contributed by atoms with van der Waals surface area (Å²) in [4.78, 5) is 25.6. The molecule has 0 spiro atoms. The summed E-state index contributed by atoms with van der Waals surface area (Å²) in [6, 6.07) is 20.6. The van der Waals surface area contributed by atoms with E-state index in [9.17, 15) is 18.0 Å². The summed E-state index contributed by atoms with van der Waals surface area (Å²) in [5, 5.41) is 5.58. The summed E-state index contributed by atoms with van der Waals surface area (Å²) in [5.41, 5.74) is 1.84. The van der Waals surface area contributed by atoms with Gasteiger partial charge in [-0.05, 0) is 42.3 Å². The van der Waals surface area contributed by atoms with Crippen molar-refractivity contribution in [1.82, 2.24) is 9.62 Å². The molecule has 0 saturated carbocycles. The number of ether oxygens (including phenoxy) is 1. The van der Waals surface area contributed by atoms with Crippen molar-refractivity contribution in [2.45, 2.75) is 11.3 Å². The Kier molecular flexibility index (Phi) is 8.04. The zero-order valence-electron chi connectivity index (χ0n) is 19.2. The SMILES string of the molecule is COc1ccc(C(=O)Nc2ccccc2C(=O)NCCc2ccccc2)cc1S(=O)(=O)N(C)C. The lowest BCUT2D eigenvalue weighted by molar-refractivity contribution is 0.0955. The van der Waals surface area contributed by atoms with Gasteiger partial charge >= 0.3 is 0 Å². The fourth-order valence-corrected chi connectivity index (χ4v) is 4.34. The third-order valence-electron chi connectivity index (χ3n) is 5.15. The second-order valence-electron chi connectivity index (χ2n) is 7.64. The number of amides is 2. The Morgan fingerprint density at radius 2 is 1.59 bits per heavy atom. The maximum atomic E-state index is 12.9. The van der Waals surface area contributed by atoms with Gasteiger partial charge in [-0.15, -0.1) is 0 Å². The summed E-state index contributed by atoms with van der Waals surface area (Å²) < 4.78 is 31.5. The van der Waals surface area contributed by atoms with Crippen LogP contribution in [-0.2, 0) is 16.4 Å². The van der Waals surface area contributed by atoms with Gasteiger partial charge in [-0.3, -0.25) is 9.59 Å². The van der Waals surface area contributed by atoms with Crippen molar-refractivity contribution in [2.24, 2.45) is 0 Å². The highest BCUT2D eigenvalue weighted by Gasteiger charge is 2.24. The van der Waals surface area contributed by atoms with E-state index in [0.717, 1.165) is 9.87 Å². The van der Waals surface area contributed by atoms with E-state index in [1.54, 1.807) is 24.3 Å². The van der Waals surface area contributed by atoms with E-state index in [0.29, 0.717) is 24.2 Å². The van der Waals surface area contributed by atoms with Gasteiger partial charge in [-0.2, -0.15) is 0 Å². The summed E-state index contributed by atoms with van der Waals surface area (Å²) in [5.74, 6) is -0.747. The molecule has 0 aliphatic carbocycles. The maximum absolute atomic E-state index is 12.9. The number of nitrogens with one attached hydrogen (secondary N) is 2. The van der Waals surface area contributed by atoms with Crippen molar-refractivity contribution < 1.29 is 22.7 Å². The van der Waals surface area contributed by atoms with Gasteiger partial charge in [0, 0.05) is 26.2 Å². The predicted molar refractivity (Wildman–Crippen MR) is 131 cm³/mol. The maximum Gasteiger partial charge on any atom is 0.255 e. The fourth-order valence-electron chi connectivity index (χ4n) is 3.26. The van der Waals surface area contributed by atoms with Crippen LogP contribution in [0.25, 0.3) is 0 Å². The van der Waals surface area contributed by atoms with Crippen LogP contribution in [0.2, 0.25) is 0 Å². The quantitative estimate of drug-likeness (QED) is 0.489. The number of hydrogen-bond acceptors (Lipinski definition) is 5. The molecule has 3 aromatic rings. The number of carbonyl (C=O) groups excluding carboxylic acids is 2. The molecule has 0 bridgehead atoms. The van der Waals surface area contributed by atoms with Crippen LogP contribution in [0.1, 0.15) is 26.3 Å². The average molecular weight is 482 g/mol. The lowest BCUT2D eigenvalue weighted by Crippen LogP contribution is -2.27. The highest BCUT2D eigenvalue weighted by molar-refractivity contribution is 7.89. The molecule has 9 heteroatoms. The molecule has 2 amide bonds. The van der Waals surface area contributed by atoms with Crippen LogP contribution < -0.4 is 15.4 Å². The molecule has 0 heterocycles. The molecule has 0 unspecified atom stereocenters. The first-order valence-corrected chi connectivity index (χ1v) is 12.0. The predicted octanol–water partition coefficient (Wildman–Crippen LogP) is 3.17. The zero-order chi connectivity index (χ0) is 24.7. The van der Waals surface area contributed by atoms with Crippen LogP contribution >= 0.6 is 0 Å². The number of hydrogen-bond donors (Lipinski definition) is 2. The van der Waals surface area contributed by atoms with Gasteiger partial charge in [0.1, 0.15) is 10.6 Å². The molecule has 0 fully saturated rings. The number of sulfonamides is 1. The van der Waals surface area contributed by atoms with E-state index in [2.05, 4.69) is 10.6 Å². The van der Waals surface area contributed by atoms with Gasteiger partial charge in [0.15, 0.2) is 0 Å². The molecular formula is C25H27N3O5S. The highest BCUT2D eigenvalue weighted by atomic mass is 32.2. The Bertz CT molecular complexity index is 1270. The first-order chi connectivity index (χ1) is 16.2. The average Bonchev–Trinajstić information content (AvgIpc) is 2.84. The fraction of sp³-hybridized carbons (Fsp3) is 0.200. The summed E-state index contributed by atoms with van der Waals surface area (Å²) in [7, 11) is 0.312. The molecule has 3 rings (SSSR count). The second kappa shape index (κ2) is 11.0. The van der Waals surface area contributed by atoms with Crippen molar-refractivity contribution in [3.63, 3.8) is 0 Å². The van der Waals surface area contributed by atoms with Gasteiger partial charge < -0.3 is 15.4 Å². The van der Waals surface area contributed by atoms with Crippen molar-refractivity contribution in [2.75, 3.05) is 33.1 Å². The van der Waals surface area contributed by atoms with Gasteiger partial charge in [-0.1, -0.05) is 42.5 Å². The van der Waals surface area contributed by atoms with Crippen LogP contribution in [0.5, 0.6) is 5.75 Å². The smallest absolute Gasteiger partial charge is 0.255 e. The highest BCUT2D eigenvalue weighted by Crippen LogP contribution is 2.27. The Hall–Kier alpha value is -3.69. The Labute approximate surface area is 199 Å². The molecule has 0 aliphatic rings. The van der Waals surface area contributed by atoms with Crippen LogP contribution in [0.15, 0.2) is 77.7 Å². The number of para-hydroxylation sites is 1. The van der Waals surface area contributed by atoms with Crippen molar-refractivity contribution in [3.05, 3.63) is 89.5 Å². The summed E-state index contributed by atoms with van der Waals surface area (Å²) in [6.07, 6.45) is 0.677. The lowest BCUT2D eigenvalue weighted by atomic mass is 10.1. The monoisotopic (exact) mass is 481 g/mol. The molecule has 178 valence electrons. The topological polar surface area (TPSA) is 105 Å². The number of benzene rings is 3. The van der Waals surface area contributed by atoms with Gasteiger partial charge in [0.2, 0.25) is 10.0 Å². The van der Waals surface area contributed by atoms with Gasteiger partial charge in [0.05, 0.1) is 18.4 Å². The molecule has 2 N–H and O–H groups in total. The van der Waals surface area contributed by atoms with E-state index < -0.39 is 15.9 Å². The van der Waals surface area contributed by atoms with Crippen LogP contribution in [0.3, 0.4) is 0 Å². The lowest BCUT2D eigenvalue weighted by Gasteiger charge is -2.16. The Morgan fingerprint density at radius 3 is 2.26 bits per heavy atom. The number of carbonyl (C=O) groups is 2. The van der Waals surface area contributed by atoms with Crippen LogP contribution in [-0.4, -0.2) is 52.3 Å². The third kappa shape index (κ3) is 5.81. The van der Waals surface area contributed by atoms with E-state index in [1.807, 2.05) is 30.3 Å². The Balaban J connectivity index is 1.77. The molecule has 0 radical (unpaired) electrons. The van der Waals surface area contributed by atoms with Crippen LogP contribution in [0, 0.1) is 0 Å². The molecule has 8 nitrogen and oxygen atoms in total. The first-order valence-electron chi connectivity index (χ1n) is 10.6. The molecular weight excluding hydrogens is 454 g/mol. The number of methoxy groups -OCH3 is 1. The first kappa shape index (κ1) is 24.9. The van der Waals surface area contributed by atoms with Crippen molar-refractivity contribution in [3.8, 4) is 5.75 Å². The number of anilines is 1. The third-order valence-corrected chi connectivity index (χ3v) is 6.98.